The van der Waals surface area contributed by atoms with E-state index in [1.54, 1.807) is 6.26 Å². The van der Waals surface area contributed by atoms with Gasteiger partial charge in [0.05, 0.1) is 12.4 Å². The molecule has 1 heterocycles. The molecule has 0 bridgehead atoms. The van der Waals surface area contributed by atoms with Crippen LogP contribution < -0.4 is 15.4 Å². The number of aryl methyl sites for hydroxylation is 1. The zero-order valence-electron chi connectivity index (χ0n) is 12.5. The minimum atomic E-state index is 0.131. The van der Waals surface area contributed by atoms with Crippen LogP contribution >= 0.6 is 0 Å². The largest absolute Gasteiger partial charge is 0.491 e. The van der Waals surface area contributed by atoms with Crippen LogP contribution in [0.5, 0.6) is 5.75 Å². The lowest BCUT2D eigenvalue weighted by molar-refractivity contribution is 0.242. The van der Waals surface area contributed by atoms with Gasteiger partial charge in [0, 0.05) is 42.7 Å². The van der Waals surface area contributed by atoms with E-state index in [9.17, 15) is 0 Å². The zero-order valence-corrected chi connectivity index (χ0v) is 12.5. The van der Waals surface area contributed by atoms with Crippen molar-refractivity contribution in [3.8, 4) is 5.75 Å². The van der Waals surface area contributed by atoms with Crippen LogP contribution in [0, 0.1) is 6.92 Å². The standard InChI is InChI=1S/C16H22N2O2/c1-11(2)20-16-8-14(17)7-15(9-16)18(4)10-13-5-6-19-12(13)3/h5-9,11H,10,17H2,1-4H3. The average Bonchev–Trinajstić information content (AvgIpc) is 2.73. The molecule has 0 atom stereocenters. The molecule has 0 radical (unpaired) electrons. The summed E-state index contributed by atoms with van der Waals surface area (Å²) in [6.07, 6.45) is 1.84. The van der Waals surface area contributed by atoms with E-state index >= 15 is 0 Å². The summed E-state index contributed by atoms with van der Waals surface area (Å²) in [4.78, 5) is 2.13. The van der Waals surface area contributed by atoms with Crippen molar-refractivity contribution in [2.24, 2.45) is 0 Å². The molecule has 108 valence electrons. The number of nitrogen functional groups attached to an aromatic ring is 1. The lowest BCUT2D eigenvalue weighted by Crippen LogP contribution is -2.17. The van der Waals surface area contributed by atoms with Gasteiger partial charge in [0.15, 0.2) is 0 Å². The van der Waals surface area contributed by atoms with Crippen molar-refractivity contribution in [3.63, 3.8) is 0 Å². The van der Waals surface area contributed by atoms with E-state index in [0.717, 1.165) is 23.7 Å². The highest BCUT2D eigenvalue weighted by atomic mass is 16.5. The van der Waals surface area contributed by atoms with E-state index in [1.807, 2.05) is 52.1 Å². The van der Waals surface area contributed by atoms with Crippen LogP contribution in [-0.4, -0.2) is 13.2 Å². The molecule has 20 heavy (non-hydrogen) atoms. The van der Waals surface area contributed by atoms with Crippen LogP contribution in [0.1, 0.15) is 25.2 Å². The number of nitrogens with zero attached hydrogens (tertiary/aromatic N) is 1. The second-order valence-corrected chi connectivity index (χ2v) is 5.28. The van der Waals surface area contributed by atoms with Gasteiger partial charge in [-0.25, -0.2) is 0 Å². The van der Waals surface area contributed by atoms with Crippen LogP contribution in [-0.2, 0) is 6.54 Å². The van der Waals surface area contributed by atoms with E-state index in [4.69, 9.17) is 14.9 Å². The van der Waals surface area contributed by atoms with Crippen molar-refractivity contribution in [2.75, 3.05) is 17.7 Å². The van der Waals surface area contributed by atoms with Crippen molar-refractivity contribution in [2.45, 2.75) is 33.4 Å². The number of hydrogen-bond donors (Lipinski definition) is 1. The zero-order chi connectivity index (χ0) is 14.7. The molecule has 0 aliphatic rings. The van der Waals surface area contributed by atoms with Crippen LogP contribution in [0.3, 0.4) is 0 Å². The van der Waals surface area contributed by atoms with Crippen molar-refractivity contribution in [3.05, 3.63) is 41.9 Å². The Morgan fingerprint density at radius 1 is 1.30 bits per heavy atom. The third-order valence-electron chi connectivity index (χ3n) is 3.10. The Labute approximate surface area is 120 Å². The van der Waals surface area contributed by atoms with Crippen molar-refractivity contribution >= 4 is 11.4 Å². The van der Waals surface area contributed by atoms with Gasteiger partial charge in [-0.2, -0.15) is 0 Å². The van der Waals surface area contributed by atoms with Crippen LogP contribution in [0.25, 0.3) is 0 Å². The number of nitrogens with two attached hydrogens (primary N) is 1. The van der Waals surface area contributed by atoms with E-state index in [2.05, 4.69) is 4.90 Å². The molecule has 0 saturated heterocycles. The predicted octanol–water partition coefficient (Wildman–Crippen LogP) is 3.59. The number of hydrogen-bond acceptors (Lipinski definition) is 4. The number of rotatable bonds is 5. The highest BCUT2D eigenvalue weighted by molar-refractivity contribution is 5.60. The Morgan fingerprint density at radius 2 is 2.05 bits per heavy atom. The smallest absolute Gasteiger partial charge is 0.123 e. The highest BCUT2D eigenvalue weighted by Gasteiger charge is 2.09. The molecule has 2 N–H and O–H groups in total. The second-order valence-electron chi connectivity index (χ2n) is 5.28. The number of ether oxygens (including phenoxy) is 1. The Balaban J connectivity index is 2.18. The molecule has 0 spiro atoms. The van der Waals surface area contributed by atoms with Gasteiger partial charge in [0.1, 0.15) is 11.5 Å². The summed E-state index contributed by atoms with van der Waals surface area (Å²) in [6.45, 7) is 6.74. The maximum Gasteiger partial charge on any atom is 0.123 e. The van der Waals surface area contributed by atoms with Crippen LogP contribution in [0.2, 0.25) is 0 Å². The molecule has 4 nitrogen and oxygen atoms in total. The maximum atomic E-state index is 5.95. The molecule has 1 aromatic heterocycles. The van der Waals surface area contributed by atoms with Gasteiger partial charge in [-0.3, -0.25) is 0 Å². The quantitative estimate of drug-likeness (QED) is 0.846. The molecule has 2 aromatic rings. The minimum Gasteiger partial charge on any atom is -0.491 e. The Hall–Kier alpha value is -2.10. The van der Waals surface area contributed by atoms with Gasteiger partial charge in [-0.05, 0) is 32.9 Å². The van der Waals surface area contributed by atoms with Crippen molar-refractivity contribution < 1.29 is 9.15 Å². The first-order chi connectivity index (χ1) is 9.45. The first kappa shape index (κ1) is 14.3. The summed E-state index contributed by atoms with van der Waals surface area (Å²) in [5, 5.41) is 0. The van der Waals surface area contributed by atoms with Crippen molar-refractivity contribution in [1.82, 2.24) is 0 Å². The van der Waals surface area contributed by atoms with E-state index in [1.165, 1.54) is 5.56 Å². The Kier molecular flexibility index (Phi) is 4.23. The van der Waals surface area contributed by atoms with E-state index in [-0.39, 0.29) is 6.10 Å². The van der Waals surface area contributed by atoms with Crippen LogP contribution in [0.15, 0.2) is 34.9 Å². The topological polar surface area (TPSA) is 51.6 Å². The van der Waals surface area contributed by atoms with Gasteiger partial charge < -0.3 is 19.8 Å². The molecule has 0 amide bonds. The molecule has 1 aromatic carbocycles. The molecule has 0 saturated carbocycles. The first-order valence-corrected chi connectivity index (χ1v) is 6.77. The molecule has 0 unspecified atom stereocenters. The third-order valence-corrected chi connectivity index (χ3v) is 3.10. The van der Waals surface area contributed by atoms with Gasteiger partial charge in [0.2, 0.25) is 0 Å². The van der Waals surface area contributed by atoms with Gasteiger partial charge in [0.25, 0.3) is 0 Å². The first-order valence-electron chi connectivity index (χ1n) is 6.77. The molecule has 0 aliphatic heterocycles. The molecule has 2 rings (SSSR count). The lowest BCUT2D eigenvalue weighted by Gasteiger charge is -2.21. The summed E-state index contributed by atoms with van der Waals surface area (Å²) in [6, 6.07) is 7.79. The number of anilines is 2. The van der Waals surface area contributed by atoms with Gasteiger partial charge >= 0.3 is 0 Å². The van der Waals surface area contributed by atoms with Gasteiger partial charge in [-0.15, -0.1) is 0 Å². The maximum absolute atomic E-state index is 5.95. The summed E-state index contributed by atoms with van der Waals surface area (Å²) in [7, 11) is 2.03. The number of furan rings is 1. The fourth-order valence-electron chi connectivity index (χ4n) is 2.09. The average molecular weight is 274 g/mol. The SMILES string of the molecule is Cc1occc1CN(C)c1cc(N)cc(OC(C)C)c1. The molecular weight excluding hydrogens is 252 g/mol. The molecular formula is C16H22N2O2. The fraction of sp³-hybridized carbons (Fsp3) is 0.375. The minimum absolute atomic E-state index is 0.131. The fourth-order valence-corrected chi connectivity index (χ4v) is 2.09. The second kappa shape index (κ2) is 5.90. The lowest BCUT2D eigenvalue weighted by atomic mass is 10.2. The predicted molar refractivity (Wildman–Crippen MR) is 82.2 cm³/mol. The van der Waals surface area contributed by atoms with E-state index < -0.39 is 0 Å². The molecule has 4 heteroatoms. The van der Waals surface area contributed by atoms with Gasteiger partial charge in [-0.1, -0.05) is 0 Å². The monoisotopic (exact) mass is 274 g/mol. The summed E-state index contributed by atoms with van der Waals surface area (Å²) in [5.41, 5.74) is 8.85. The molecule has 0 aliphatic carbocycles. The summed E-state index contributed by atoms with van der Waals surface area (Å²) in [5.74, 6) is 1.74. The normalized spacial score (nSPS) is 10.8. The summed E-state index contributed by atoms with van der Waals surface area (Å²) >= 11 is 0. The third kappa shape index (κ3) is 3.47. The number of benzene rings is 1. The Bertz CT molecular complexity index is 576. The Morgan fingerprint density at radius 3 is 2.65 bits per heavy atom. The van der Waals surface area contributed by atoms with Crippen molar-refractivity contribution in [1.29, 1.82) is 0 Å². The highest BCUT2D eigenvalue weighted by Crippen LogP contribution is 2.27. The van der Waals surface area contributed by atoms with Crippen LogP contribution in [0.4, 0.5) is 11.4 Å². The van der Waals surface area contributed by atoms with E-state index in [0.29, 0.717) is 5.69 Å². The molecule has 0 fully saturated rings. The summed E-state index contributed by atoms with van der Waals surface area (Å²) < 4.78 is 11.0.